The highest BCUT2D eigenvalue weighted by atomic mass is 19.4. The number of alkyl halides is 3. The number of unbranched alkanes of at least 4 members (excludes halogenated alkanes) is 8. The minimum Gasteiger partial charge on any atom is -0.479 e. The largest absolute Gasteiger partial charge is 0.479 e. The van der Waals surface area contributed by atoms with E-state index >= 15 is 0 Å². The topological polar surface area (TPSA) is 104 Å². The van der Waals surface area contributed by atoms with E-state index in [4.69, 9.17) is 0 Å². The minimum atomic E-state index is -4.43. The molecule has 0 spiro atoms. The maximum Gasteiger partial charge on any atom is 0.416 e. The first-order valence-electron chi connectivity index (χ1n) is 14.0. The Bertz CT molecular complexity index is 910. The van der Waals surface area contributed by atoms with Crippen LogP contribution < -0.4 is 5.32 Å². The summed E-state index contributed by atoms with van der Waals surface area (Å²) in [5.41, 5.74) is -2.51. The van der Waals surface area contributed by atoms with Gasteiger partial charge in [-0.1, -0.05) is 69.7 Å². The number of allylic oxidation sites excluding steroid dienone is 1. The van der Waals surface area contributed by atoms with Crippen LogP contribution in [0.5, 0.6) is 0 Å². The van der Waals surface area contributed by atoms with Gasteiger partial charge in [0.25, 0.3) is 0 Å². The number of nitrogens with one attached hydrogen (secondary N) is 1. The third-order valence-electron chi connectivity index (χ3n) is 6.78. The molecule has 0 fully saturated rings. The molecule has 39 heavy (non-hydrogen) atoms. The molecule has 0 aliphatic heterocycles. The summed E-state index contributed by atoms with van der Waals surface area (Å²) in [5.74, 6) is -3.24. The van der Waals surface area contributed by atoms with E-state index in [1.165, 1.54) is 37.5 Å². The second-order valence-electron chi connectivity index (χ2n) is 10.2. The second kappa shape index (κ2) is 17.8. The lowest BCUT2D eigenvalue weighted by atomic mass is 9.87. The van der Waals surface area contributed by atoms with Gasteiger partial charge in [-0.05, 0) is 56.7 Å². The normalized spacial score (nSPS) is 14.2. The molecule has 0 radical (unpaired) electrons. The summed E-state index contributed by atoms with van der Waals surface area (Å²) in [5, 5.41) is 22.4. The summed E-state index contributed by atoms with van der Waals surface area (Å²) < 4.78 is 38.1. The van der Waals surface area contributed by atoms with Crippen LogP contribution in [0.1, 0.15) is 102 Å². The van der Waals surface area contributed by atoms with E-state index in [0.717, 1.165) is 57.6 Å². The van der Waals surface area contributed by atoms with Crippen LogP contribution in [0.2, 0.25) is 0 Å². The molecular formula is C30H44F3NO5. The van der Waals surface area contributed by atoms with Crippen molar-refractivity contribution in [1.82, 2.24) is 5.32 Å². The van der Waals surface area contributed by atoms with Crippen LogP contribution in [0, 0.1) is 5.92 Å². The lowest BCUT2D eigenvalue weighted by Gasteiger charge is -2.25. The maximum absolute atomic E-state index is 12.7. The Kier molecular flexibility index (Phi) is 15.7. The number of halogens is 3. The standard InChI is InChI=1S/C30H44F3NO5/c1-3-4-5-8-11-14-25(35)15-12-9-6-7-10-13-16-26(29(2,39)28(37)38)27(36)34-22-21-23-17-19-24(20-18-23)30(31,32)33/h13,16-20,26,39H,3-12,14-15,21-22H2,1-2H3,(H,34,36)(H,37,38)/b16-13+/t26-,29+/m1/s1. The molecule has 220 valence electrons. The van der Waals surface area contributed by atoms with Crippen LogP contribution >= 0.6 is 0 Å². The zero-order valence-corrected chi connectivity index (χ0v) is 23.2. The van der Waals surface area contributed by atoms with Crippen molar-refractivity contribution < 1.29 is 37.8 Å². The molecule has 9 heteroatoms. The molecule has 0 aliphatic rings. The SMILES string of the molecule is CCCCCCCC(=O)CCCCCC/C=C/[C@H](C(=O)NCCc1ccc(C(F)(F)F)cc1)[C@](C)(O)C(=O)O. The minimum absolute atomic E-state index is 0.0711. The average Bonchev–Trinajstić information content (AvgIpc) is 2.87. The molecule has 2 atom stereocenters. The molecule has 0 unspecified atom stereocenters. The molecule has 0 bridgehead atoms. The van der Waals surface area contributed by atoms with E-state index in [2.05, 4.69) is 12.2 Å². The van der Waals surface area contributed by atoms with Crippen molar-refractivity contribution in [1.29, 1.82) is 0 Å². The number of benzene rings is 1. The fourth-order valence-corrected chi connectivity index (χ4v) is 4.18. The first-order valence-corrected chi connectivity index (χ1v) is 14.0. The summed E-state index contributed by atoms with van der Waals surface area (Å²) in [4.78, 5) is 36.2. The lowest BCUT2D eigenvalue weighted by molar-refractivity contribution is -0.163. The average molecular weight is 556 g/mol. The smallest absolute Gasteiger partial charge is 0.416 e. The van der Waals surface area contributed by atoms with Crippen molar-refractivity contribution in [2.45, 2.75) is 109 Å². The van der Waals surface area contributed by atoms with Gasteiger partial charge in [0.15, 0.2) is 5.60 Å². The Morgan fingerprint density at radius 3 is 2.03 bits per heavy atom. The number of aliphatic hydroxyl groups is 1. The van der Waals surface area contributed by atoms with E-state index in [-0.39, 0.29) is 13.0 Å². The molecule has 0 saturated heterocycles. The second-order valence-corrected chi connectivity index (χ2v) is 10.2. The third kappa shape index (κ3) is 13.8. The first kappa shape index (κ1) is 34.3. The fourth-order valence-electron chi connectivity index (χ4n) is 4.18. The molecule has 0 aromatic heterocycles. The Balaban J connectivity index is 2.43. The van der Waals surface area contributed by atoms with Crippen molar-refractivity contribution in [2.75, 3.05) is 6.54 Å². The number of carbonyl (C=O) groups excluding carboxylic acids is 2. The van der Waals surface area contributed by atoms with Gasteiger partial charge in [-0.25, -0.2) is 4.79 Å². The predicted octanol–water partition coefficient (Wildman–Crippen LogP) is 6.64. The van der Waals surface area contributed by atoms with Gasteiger partial charge in [0.1, 0.15) is 5.78 Å². The van der Waals surface area contributed by atoms with Crippen LogP contribution in [0.15, 0.2) is 36.4 Å². The lowest BCUT2D eigenvalue weighted by Crippen LogP contribution is -2.49. The Morgan fingerprint density at radius 2 is 1.49 bits per heavy atom. The van der Waals surface area contributed by atoms with Gasteiger partial charge in [0.2, 0.25) is 5.91 Å². The molecule has 0 heterocycles. The van der Waals surface area contributed by atoms with E-state index in [1.807, 2.05) is 0 Å². The number of carboxylic acids is 1. The predicted molar refractivity (Wildman–Crippen MR) is 145 cm³/mol. The molecule has 1 rings (SSSR count). The van der Waals surface area contributed by atoms with Gasteiger partial charge in [-0.2, -0.15) is 13.2 Å². The fraction of sp³-hybridized carbons (Fsp3) is 0.633. The van der Waals surface area contributed by atoms with Crippen LogP contribution in [-0.2, 0) is 27.0 Å². The highest BCUT2D eigenvalue weighted by Crippen LogP contribution is 2.29. The maximum atomic E-state index is 12.7. The van der Waals surface area contributed by atoms with Gasteiger partial charge in [0.05, 0.1) is 11.5 Å². The number of carbonyl (C=O) groups is 3. The zero-order valence-electron chi connectivity index (χ0n) is 23.2. The summed E-state index contributed by atoms with van der Waals surface area (Å²) in [7, 11) is 0. The highest BCUT2D eigenvalue weighted by molar-refractivity contribution is 5.90. The molecule has 6 nitrogen and oxygen atoms in total. The summed E-state index contributed by atoms with van der Waals surface area (Å²) in [6.45, 7) is 3.29. The molecule has 1 amide bonds. The number of rotatable bonds is 20. The molecule has 0 aliphatic carbocycles. The van der Waals surface area contributed by atoms with Gasteiger partial charge in [-0.15, -0.1) is 0 Å². The number of ketones is 1. The quantitative estimate of drug-likeness (QED) is 0.124. The number of carboxylic acid groups (broad SMARTS) is 1. The first-order chi connectivity index (χ1) is 18.4. The van der Waals surface area contributed by atoms with Gasteiger partial charge in [-0.3, -0.25) is 9.59 Å². The Morgan fingerprint density at radius 1 is 0.923 bits per heavy atom. The number of aliphatic carboxylic acids is 1. The summed E-state index contributed by atoms with van der Waals surface area (Å²) in [6.07, 6.45) is 9.85. The number of hydrogen-bond acceptors (Lipinski definition) is 4. The molecule has 1 aromatic carbocycles. The molecule has 3 N–H and O–H groups in total. The van der Waals surface area contributed by atoms with Crippen molar-refractivity contribution in [3.05, 3.63) is 47.5 Å². The molecule has 1 aromatic rings. The van der Waals surface area contributed by atoms with Gasteiger partial charge in [0, 0.05) is 19.4 Å². The van der Waals surface area contributed by atoms with Gasteiger partial charge >= 0.3 is 12.1 Å². The Hall–Kier alpha value is -2.68. The van der Waals surface area contributed by atoms with E-state index in [9.17, 15) is 37.8 Å². The van der Waals surface area contributed by atoms with E-state index in [0.29, 0.717) is 30.6 Å². The van der Waals surface area contributed by atoms with Crippen LogP contribution in [0.3, 0.4) is 0 Å². The Labute approximate surface area is 230 Å². The monoisotopic (exact) mass is 555 g/mol. The number of hydrogen-bond donors (Lipinski definition) is 3. The van der Waals surface area contributed by atoms with Crippen molar-refractivity contribution in [2.24, 2.45) is 5.92 Å². The summed E-state index contributed by atoms with van der Waals surface area (Å²) in [6, 6.07) is 4.57. The van der Waals surface area contributed by atoms with E-state index < -0.39 is 35.1 Å². The van der Waals surface area contributed by atoms with Crippen molar-refractivity contribution >= 4 is 17.7 Å². The third-order valence-corrected chi connectivity index (χ3v) is 6.78. The van der Waals surface area contributed by atoms with Crippen molar-refractivity contribution in [3.8, 4) is 0 Å². The molecule has 0 saturated carbocycles. The van der Waals surface area contributed by atoms with Crippen LogP contribution in [0.4, 0.5) is 13.2 Å². The highest BCUT2D eigenvalue weighted by Gasteiger charge is 2.42. The number of Topliss-reactive ketones (excluding diaryl/α,β-unsaturated/α-hetero) is 1. The number of amides is 1. The zero-order chi connectivity index (χ0) is 29.3. The van der Waals surface area contributed by atoms with Crippen molar-refractivity contribution in [3.63, 3.8) is 0 Å². The van der Waals surface area contributed by atoms with Crippen LogP contribution in [-0.4, -0.2) is 40.0 Å². The van der Waals surface area contributed by atoms with Gasteiger partial charge < -0.3 is 15.5 Å². The summed E-state index contributed by atoms with van der Waals surface area (Å²) >= 11 is 0. The molecular weight excluding hydrogens is 511 g/mol. The van der Waals surface area contributed by atoms with Crippen LogP contribution in [0.25, 0.3) is 0 Å². The van der Waals surface area contributed by atoms with E-state index in [1.54, 1.807) is 6.08 Å².